The molecule has 1 fully saturated rings. The lowest BCUT2D eigenvalue weighted by Gasteiger charge is -2.33. The lowest BCUT2D eigenvalue weighted by molar-refractivity contribution is -0.223. The second-order valence-electron chi connectivity index (χ2n) is 6.73. The van der Waals surface area contributed by atoms with Gasteiger partial charge in [-0.2, -0.15) is 22.0 Å². The number of allylic oxidation sites excluding steroid dienone is 1. The van der Waals surface area contributed by atoms with E-state index in [2.05, 4.69) is 6.92 Å². The summed E-state index contributed by atoms with van der Waals surface area (Å²) in [4.78, 5) is 0. The maximum absolute atomic E-state index is 14.3. The maximum Gasteiger partial charge on any atom is 0.412 e. The van der Waals surface area contributed by atoms with Crippen LogP contribution >= 0.6 is 0 Å². The van der Waals surface area contributed by atoms with Gasteiger partial charge in [0, 0.05) is 5.56 Å². The molecule has 1 aromatic carbocycles. The van der Waals surface area contributed by atoms with Crippen LogP contribution in [0.5, 0.6) is 5.75 Å². The Morgan fingerprint density at radius 3 is 2.12 bits per heavy atom. The fraction of sp³-hybridized carbons (Fsp3) is 0.579. The molecule has 0 bridgehead atoms. The van der Waals surface area contributed by atoms with Gasteiger partial charge in [-0.15, -0.1) is 0 Å². The second kappa shape index (κ2) is 8.35. The number of hydrogen-bond acceptors (Lipinski definition) is 1. The van der Waals surface area contributed by atoms with Gasteiger partial charge >= 0.3 is 12.3 Å². The van der Waals surface area contributed by atoms with E-state index in [-0.39, 0.29) is 11.3 Å². The lowest BCUT2D eigenvalue weighted by atomic mass is 9.79. The van der Waals surface area contributed by atoms with E-state index in [9.17, 15) is 26.3 Å². The first kappa shape index (κ1) is 20.6. The molecule has 0 aliphatic heterocycles. The summed E-state index contributed by atoms with van der Waals surface area (Å²) >= 11 is 0. The van der Waals surface area contributed by atoms with E-state index in [1.54, 1.807) is 0 Å². The molecule has 1 aromatic rings. The van der Waals surface area contributed by atoms with Gasteiger partial charge in [-0.1, -0.05) is 19.8 Å². The molecule has 0 aromatic heterocycles. The Balaban J connectivity index is 1.98. The molecule has 1 saturated carbocycles. The van der Waals surface area contributed by atoms with E-state index in [0.29, 0.717) is 18.8 Å². The summed E-state index contributed by atoms with van der Waals surface area (Å²) in [7, 11) is 0. The highest BCUT2D eigenvalue weighted by atomic mass is 19.4. The average molecular weight is 380 g/mol. The third-order valence-electron chi connectivity index (χ3n) is 4.69. The van der Waals surface area contributed by atoms with Gasteiger partial charge in [0.05, 0.1) is 12.0 Å². The highest BCUT2D eigenvalue weighted by molar-refractivity contribution is 5.60. The van der Waals surface area contributed by atoms with Gasteiger partial charge in [-0.3, -0.25) is 0 Å². The van der Waals surface area contributed by atoms with Crippen molar-refractivity contribution in [1.82, 2.24) is 0 Å². The monoisotopic (exact) mass is 380 g/mol. The van der Waals surface area contributed by atoms with Gasteiger partial charge in [0.15, 0.2) is 0 Å². The first-order chi connectivity index (χ1) is 12.1. The smallest absolute Gasteiger partial charge is 0.412 e. The van der Waals surface area contributed by atoms with Crippen molar-refractivity contribution in [3.05, 3.63) is 35.9 Å². The molecule has 7 heteroatoms. The molecule has 0 heterocycles. The van der Waals surface area contributed by atoms with Crippen LogP contribution in [0.4, 0.5) is 26.3 Å². The quantitative estimate of drug-likeness (QED) is 0.477. The summed E-state index contributed by atoms with van der Waals surface area (Å²) in [6, 6.07) is 4.08. The number of ether oxygens (including phenoxy) is 1. The highest BCUT2D eigenvalue weighted by Crippen LogP contribution is 2.41. The van der Waals surface area contributed by atoms with Gasteiger partial charge in [0.1, 0.15) is 11.6 Å². The lowest BCUT2D eigenvalue weighted by Crippen LogP contribution is -2.37. The molecular weight excluding hydrogens is 358 g/mol. The Morgan fingerprint density at radius 1 is 1.04 bits per heavy atom. The number of benzene rings is 1. The predicted octanol–water partition coefficient (Wildman–Crippen LogP) is 7.14. The molecule has 0 saturated heterocycles. The summed E-state index contributed by atoms with van der Waals surface area (Å²) in [5, 5.41) is 0. The molecule has 0 unspecified atom stereocenters. The van der Waals surface area contributed by atoms with E-state index >= 15 is 0 Å². The normalized spacial score (nSPS) is 22.3. The van der Waals surface area contributed by atoms with Crippen molar-refractivity contribution in [2.45, 2.75) is 57.7 Å². The third-order valence-corrected chi connectivity index (χ3v) is 4.69. The summed E-state index contributed by atoms with van der Waals surface area (Å²) in [6.07, 6.45) is -4.33. The molecule has 146 valence electrons. The van der Waals surface area contributed by atoms with E-state index in [1.165, 1.54) is 0 Å². The van der Waals surface area contributed by atoms with Gasteiger partial charge in [0.2, 0.25) is 0 Å². The number of hydrogen-bond donors (Lipinski definition) is 0. The Hall–Kier alpha value is -1.66. The van der Waals surface area contributed by atoms with Gasteiger partial charge in [-0.05, 0) is 55.9 Å². The molecule has 0 spiro atoms. The molecule has 26 heavy (non-hydrogen) atoms. The van der Waals surface area contributed by atoms with Crippen LogP contribution in [-0.4, -0.2) is 12.3 Å². The molecular formula is C19H22F6O. The highest BCUT2D eigenvalue weighted by Gasteiger charge is 2.43. The van der Waals surface area contributed by atoms with Gasteiger partial charge in [-0.25, -0.2) is 4.39 Å². The third kappa shape index (κ3) is 5.95. The maximum atomic E-state index is 14.3. The van der Waals surface area contributed by atoms with Crippen molar-refractivity contribution in [2.75, 3.05) is 0 Å². The molecule has 0 radical (unpaired) electrons. The Morgan fingerprint density at radius 2 is 1.62 bits per heavy atom. The number of halogens is 6. The number of alkyl halides is 5. The fourth-order valence-corrected chi connectivity index (χ4v) is 3.35. The summed E-state index contributed by atoms with van der Waals surface area (Å²) < 4.78 is 83.3. The Labute approximate surface area is 149 Å². The van der Waals surface area contributed by atoms with Crippen LogP contribution in [0, 0.1) is 11.8 Å². The molecule has 1 aliphatic carbocycles. The molecule has 0 N–H and O–H groups in total. The van der Waals surface area contributed by atoms with Gasteiger partial charge < -0.3 is 4.74 Å². The van der Waals surface area contributed by atoms with Gasteiger partial charge in [0.25, 0.3) is 0 Å². The van der Waals surface area contributed by atoms with E-state index < -0.39 is 30.1 Å². The number of rotatable bonds is 6. The van der Waals surface area contributed by atoms with Crippen LogP contribution < -0.4 is 4.74 Å². The van der Waals surface area contributed by atoms with Crippen LogP contribution in [0.25, 0.3) is 5.83 Å². The summed E-state index contributed by atoms with van der Waals surface area (Å²) in [6.45, 7) is 2.07. The van der Waals surface area contributed by atoms with Crippen LogP contribution in [0.1, 0.15) is 51.0 Å². The molecule has 0 atom stereocenters. The first-order valence-electron chi connectivity index (χ1n) is 8.73. The molecule has 1 aliphatic rings. The van der Waals surface area contributed by atoms with E-state index in [4.69, 9.17) is 4.74 Å². The van der Waals surface area contributed by atoms with Crippen molar-refractivity contribution in [3.8, 4) is 5.75 Å². The zero-order valence-electron chi connectivity index (χ0n) is 14.5. The van der Waals surface area contributed by atoms with Crippen LogP contribution in [0.15, 0.2) is 30.3 Å². The van der Waals surface area contributed by atoms with Crippen molar-refractivity contribution in [3.63, 3.8) is 0 Å². The minimum Gasteiger partial charge on any atom is -0.432 e. The standard InChI is InChI=1S/C19H22F6O/c1-2-3-13-4-8-15(9-5-13)19(24,25)26-16-10-6-14(7-11-16)17(20)12-18(21,22)23/h6-7,10-13,15H,2-5,8-9H2,1H3. The van der Waals surface area contributed by atoms with Crippen molar-refractivity contribution in [1.29, 1.82) is 0 Å². The topological polar surface area (TPSA) is 9.23 Å². The van der Waals surface area contributed by atoms with E-state index in [1.807, 2.05) is 0 Å². The van der Waals surface area contributed by atoms with Crippen molar-refractivity contribution >= 4 is 5.83 Å². The molecule has 1 nitrogen and oxygen atoms in total. The molecule has 2 rings (SSSR count). The minimum absolute atomic E-state index is 0.200. The van der Waals surface area contributed by atoms with Crippen LogP contribution in [0.2, 0.25) is 0 Å². The zero-order valence-corrected chi connectivity index (χ0v) is 14.5. The SMILES string of the molecule is CCCC1CCC(C(F)(F)Oc2ccc(C(F)=CC(F)(F)F)cc2)CC1. The van der Waals surface area contributed by atoms with E-state index in [0.717, 1.165) is 49.9 Å². The van der Waals surface area contributed by atoms with Crippen molar-refractivity contribution < 1.29 is 31.1 Å². The van der Waals surface area contributed by atoms with Crippen LogP contribution in [0.3, 0.4) is 0 Å². The average Bonchev–Trinajstić information content (AvgIpc) is 2.54. The Bertz CT molecular complexity index is 597. The largest absolute Gasteiger partial charge is 0.432 e. The van der Waals surface area contributed by atoms with Crippen molar-refractivity contribution in [2.24, 2.45) is 11.8 Å². The fourth-order valence-electron chi connectivity index (χ4n) is 3.35. The first-order valence-corrected chi connectivity index (χ1v) is 8.73. The second-order valence-corrected chi connectivity index (χ2v) is 6.73. The zero-order chi connectivity index (χ0) is 19.4. The Kier molecular flexibility index (Phi) is 6.64. The molecule has 0 amide bonds. The summed E-state index contributed by atoms with van der Waals surface area (Å²) in [5.41, 5.74) is -0.349. The minimum atomic E-state index is -4.79. The van der Waals surface area contributed by atoms with Crippen LogP contribution in [-0.2, 0) is 0 Å². The predicted molar refractivity (Wildman–Crippen MR) is 87.5 cm³/mol. The summed E-state index contributed by atoms with van der Waals surface area (Å²) in [5.74, 6) is -2.09.